The number of nitrogens with zero attached hydrogens (tertiary/aromatic N) is 2. The first kappa shape index (κ1) is 17.6. The lowest BCUT2D eigenvalue weighted by molar-refractivity contribution is -0.121. The summed E-state index contributed by atoms with van der Waals surface area (Å²) in [7, 11) is 0. The van der Waals surface area contributed by atoms with Gasteiger partial charge in [-0.2, -0.15) is 16.3 Å². The van der Waals surface area contributed by atoms with Crippen LogP contribution in [-0.2, 0) is 11.2 Å². The minimum Gasteiger partial charge on any atom is -0.345 e. The maximum Gasteiger partial charge on any atom is 0.226 e. The monoisotopic (exact) mass is 375 g/mol. The van der Waals surface area contributed by atoms with Gasteiger partial charge in [-0.25, -0.2) is 0 Å². The number of carbonyl (C=O) groups is 1. The molecule has 1 atom stereocenters. The molecule has 1 aromatic carbocycles. The fraction of sp³-hybridized carbons (Fsp3) is 0.278. The van der Waals surface area contributed by atoms with E-state index < -0.39 is 0 Å². The van der Waals surface area contributed by atoms with Crippen LogP contribution in [0, 0.1) is 6.92 Å². The molecule has 7 heteroatoms. The molecular formula is C18H18ClN3O2S. The third-order valence-corrected chi connectivity index (χ3v) is 4.70. The van der Waals surface area contributed by atoms with Gasteiger partial charge in [-0.1, -0.05) is 28.9 Å². The normalized spacial score (nSPS) is 12.1. The van der Waals surface area contributed by atoms with Gasteiger partial charge in [-0.3, -0.25) is 4.79 Å². The van der Waals surface area contributed by atoms with E-state index in [2.05, 4.69) is 15.5 Å². The van der Waals surface area contributed by atoms with Crippen molar-refractivity contribution in [1.82, 2.24) is 15.5 Å². The molecule has 2 aromatic heterocycles. The molecule has 0 saturated heterocycles. The van der Waals surface area contributed by atoms with E-state index >= 15 is 0 Å². The van der Waals surface area contributed by atoms with Gasteiger partial charge in [0.1, 0.15) is 0 Å². The molecule has 0 aliphatic carbocycles. The Hall–Kier alpha value is -2.18. The molecule has 1 unspecified atom stereocenters. The highest BCUT2D eigenvalue weighted by molar-refractivity contribution is 7.08. The Morgan fingerprint density at radius 1 is 1.28 bits per heavy atom. The topological polar surface area (TPSA) is 68.0 Å². The number of halogens is 1. The molecule has 25 heavy (non-hydrogen) atoms. The van der Waals surface area contributed by atoms with Gasteiger partial charge in [-0.15, -0.1) is 0 Å². The second-order valence-electron chi connectivity index (χ2n) is 5.70. The molecule has 1 N–H and O–H groups in total. The fourth-order valence-electron chi connectivity index (χ4n) is 2.53. The van der Waals surface area contributed by atoms with Gasteiger partial charge in [0.15, 0.2) is 5.82 Å². The summed E-state index contributed by atoms with van der Waals surface area (Å²) in [4.78, 5) is 16.5. The van der Waals surface area contributed by atoms with E-state index in [-0.39, 0.29) is 11.9 Å². The second kappa shape index (κ2) is 8.27. The number of amides is 1. The van der Waals surface area contributed by atoms with Crippen molar-refractivity contribution in [3.05, 3.63) is 69.0 Å². The van der Waals surface area contributed by atoms with Crippen molar-refractivity contribution in [2.24, 2.45) is 0 Å². The molecule has 0 fully saturated rings. The highest BCUT2D eigenvalue weighted by Gasteiger charge is 2.17. The first-order valence-electron chi connectivity index (χ1n) is 7.98. The number of thiophene rings is 1. The summed E-state index contributed by atoms with van der Waals surface area (Å²) in [6, 6.07) is 9.38. The summed E-state index contributed by atoms with van der Waals surface area (Å²) >= 11 is 7.58. The van der Waals surface area contributed by atoms with Gasteiger partial charge in [-0.05, 0) is 53.4 Å². The van der Waals surface area contributed by atoms with E-state index in [0.717, 1.165) is 11.1 Å². The Morgan fingerprint density at radius 3 is 2.72 bits per heavy atom. The predicted octanol–water partition coefficient (Wildman–Crippen LogP) is 4.32. The Bertz CT molecular complexity index is 815. The Balaban J connectivity index is 1.61. The summed E-state index contributed by atoms with van der Waals surface area (Å²) in [5.74, 6) is 1.17. The number of hydrogen-bond acceptors (Lipinski definition) is 5. The van der Waals surface area contributed by atoms with Crippen molar-refractivity contribution in [2.75, 3.05) is 0 Å². The summed E-state index contributed by atoms with van der Waals surface area (Å²) in [6.45, 7) is 1.78. The first-order valence-corrected chi connectivity index (χ1v) is 9.30. The fourth-order valence-corrected chi connectivity index (χ4v) is 3.34. The standard InChI is InChI=1S/C18H18ClN3O2S/c1-12-20-17(24-22-12)4-2-3-16(23)21-18(14-9-10-25-11-14)13-5-7-15(19)8-6-13/h5-11,18H,2-4H2,1H3,(H,21,23). The SMILES string of the molecule is Cc1noc(CCCC(=O)NC(c2ccc(Cl)cc2)c2ccsc2)n1. The average molecular weight is 376 g/mol. The van der Waals surface area contributed by atoms with Crippen molar-refractivity contribution >= 4 is 28.8 Å². The number of benzene rings is 1. The second-order valence-corrected chi connectivity index (χ2v) is 6.91. The zero-order chi connectivity index (χ0) is 17.6. The lowest BCUT2D eigenvalue weighted by atomic mass is 10.0. The number of nitrogens with one attached hydrogen (secondary N) is 1. The van der Waals surface area contributed by atoms with Crippen LogP contribution in [0.15, 0.2) is 45.6 Å². The lowest BCUT2D eigenvalue weighted by Crippen LogP contribution is -2.28. The average Bonchev–Trinajstić information content (AvgIpc) is 3.25. The third kappa shape index (κ3) is 4.90. The highest BCUT2D eigenvalue weighted by atomic mass is 35.5. The van der Waals surface area contributed by atoms with Crippen LogP contribution in [0.2, 0.25) is 5.02 Å². The van der Waals surface area contributed by atoms with E-state index in [1.165, 1.54) is 0 Å². The van der Waals surface area contributed by atoms with Crippen LogP contribution in [-0.4, -0.2) is 16.0 Å². The van der Waals surface area contributed by atoms with Crippen molar-refractivity contribution < 1.29 is 9.32 Å². The summed E-state index contributed by atoms with van der Waals surface area (Å²) in [6.07, 6.45) is 1.65. The maximum atomic E-state index is 12.4. The molecule has 0 aliphatic rings. The van der Waals surface area contributed by atoms with Crippen molar-refractivity contribution in [2.45, 2.75) is 32.2 Å². The van der Waals surface area contributed by atoms with Crippen LogP contribution in [0.25, 0.3) is 0 Å². The van der Waals surface area contributed by atoms with Crippen LogP contribution in [0.4, 0.5) is 0 Å². The Kier molecular flexibility index (Phi) is 5.83. The summed E-state index contributed by atoms with van der Waals surface area (Å²) in [5.41, 5.74) is 2.07. The maximum absolute atomic E-state index is 12.4. The minimum absolute atomic E-state index is 0.0117. The number of aryl methyl sites for hydroxylation is 2. The van der Waals surface area contributed by atoms with Gasteiger partial charge in [0.05, 0.1) is 6.04 Å². The summed E-state index contributed by atoms with van der Waals surface area (Å²) in [5, 5.41) is 11.6. The largest absolute Gasteiger partial charge is 0.345 e. The number of hydrogen-bond donors (Lipinski definition) is 1. The van der Waals surface area contributed by atoms with Crippen LogP contribution in [0.3, 0.4) is 0 Å². The molecule has 3 aromatic rings. The van der Waals surface area contributed by atoms with Crippen molar-refractivity contribution in [1.29, 1.82) is 0 Å². The number of aromatic nitrogens is 2. The predicted molar refractivity (Wildman–Crippen MR) is 97.7 cm³/mol. The Morgan fingerprint density at radius 2 is 2.08 bits per heavy atom. The van der Waals surface area contributed by atoms with Gasteiger partial charge >= 0.3 is 0 Å². The first-order chi connectivity index (χ1) is 12.1. The van der Waals surface area contributed by atoms with Crippen LogP contribution >= 0.6 is 22.9 Å². The van der Waals surface area contributed by atoms with Crippen LogP contribution < -0.4 is 5.32 Å². The van der Waals surface area contributed by atoms with Crippen LogP contribution in [0.5, 0.6) is 0 Å². The molecule has 5 nitrogen and oxygen atoms in total. The minimum atomic E-state index is -0.179. The van der Waals surface area contributed by atoms with Crippen molar-refractivity contribution in [3.8, 4) is 0 Å². The molecule has 0 aliphatic heterocycles. The van der Waals surface area contributed by atoms with E-state index in [9.17, 15) is 4.79 Å². The molecule has 1 amide bonds. The number of carbonyl (C=O) groups excluding carboxylic acids is 1. The molecule has 0 saturated carbocycles. The lowest BCUT2D eigenvalue weighted by Gasteiger charge is -2.18. The zero-order valence-corrected chi connectivity index (χ0v) is 15.3. The molecule has 0 radical (unpaired) electrons. The molecular weight excluding hydrogens is 358 g/mol. The van der Waals surface area contributed by atoms with Gasteiger partial charge in [0, 0.05) is 17.9 Å². The molecule has 0 bridgehead atoms. The van der Waals surface area contributed by atoms with E-state index in [4.69, 9.17) is 16.1 Å². The highest BCUT2D eigenvalue weighted by Crippen LogP contribution is 2.25. The van der Waals surface area contributed by atoms with E-state index in [0.29, 0.717) is 36.0 Å². The molecule has 3 rings (SSSR count). The van der Waals surface area contributed by atoms with Crippen molar-refractivity contribution in [3.63, 3.8) is 0 Å². The molecule has 0 spiro atoms. The smallest absolute Gasteiger partial charge is 0.226 e. The summed E-state index contributed by atoms with van der Waals surface area (Å²) < 4.78 is 5.06. The van der Waals surface area contributed by atoms with Gasteiger partial charge in [0.2, 0.25) is 11.8 Å². The van der Waals surface area contributed by atoms with E-state index in [1.54, 1.807) is 18.3 Å². The Labute approximate surface area is 155 Å². The number of rotatable bonds is 7. The zero-order valence-electron chi connectivity index (χ0n) is 13.7. The quantitative estimate of drug-likeness (QED) is 0.667. The van der Waals surface area contributed by atoms with Gasteiger partial charge in [0.25, 0.3) is 0 Å². The molecule has 130 valence electrons. The van der Waals surface area contributed by atoms with Gasteiger partial charge < -0.3 is 9.84 Å². The van der Waals surface area contributed by atoms with E-state index in [1.807, 2.05) is 41.1 Å². The molecule has 2 heterocycles. The third-order valence-electron chi connectivity index (χ3n) is 3.75. The van der Waals surface area contributed by atoms with Crippen LogP contribution in [0.1, 0.15) is 41.7 Å².